The highest BCUT2D eigenvalue weighted by molar-refractivity contribution is 7.16. The lowest BCUT2D eigenvalue weighted by molar-refractivity contribution is -0.0125. The van der Waals surface area contributed by atoms with Crippen molar-refractivity contribution < 1.29 is 9.53 Å². The van der Waals surface area contributed by atoms with E-state index in [4.69, 9.17) is 22.1 Å². The average Bonchev–Trinajstić information content (AvgIpc) is 3.29. The largest absolute Gasteiger partial charge is 0.382 e. The Morgan fingerprint density at radius 3 is 2.94 bits per heavy atom. The zero-order valence-electron chi connectivity index (χ0n) is 17.8. The van der Waals surface area contributed by atoms with Gasteiger partial charge in [0.1, 0.15) is 22.4 Å². The Morgan fingerprint density at radius 2 is 2.19 bits per heavy atom. The summed E-state index contributed by atoms with van der Waals surface area (Å²) in [5.41, 5.74) is 9.25. The van der Waals surface area contributed by atoms with E-state index in [9.17, 15) is 4.79 Å². The highest BCUT2D eigenvalue weighted by Gasteiger charge is 2.26. The summed E-state index contributed by atoms with van der Waals surface area (Å²) < 4.78 is 5.51. The standard InChI is InChI=1S/C17H19ClN2O2.C5H4N4S/c1-3-13-9-12-5-4-6-14(18)15(12)16(19-13)17(21)20-7-8-22-11(2)10-20;6-4-3-5(8-1-7-4)10-2-9-3/h4-6,9,11H,3,7-8,10H2,1-2H3;1-2H,(H2,6,7,8). The van der Waals surface area contributed by atoms with Gasteiger partial charge in [0.05, 0.1) is 23.2 Å². The maximum absolute atomic E-state index is 12.9. The number of hydrogen-bond donors (Lipinski definition) is 1. The van der Waals surface area contributed by atoms with Crippen molar-refractivity contribution in [3.63, 3.8) is 0 Å². The number of benzene rings is 1. The first-order valence-electron chi connectivity index (χ1n) is 10.3. The Balaban J connectivity index is 0.000000203. The summed E-state index contributed by atoms with van der Waals surface area (Å²) in [6.45, 7) is 5.74. The van der Waals surface area contributed by atoms with Gasteiger partial charge < -0.3 is 15.4 Å². The van der Waals surface area contributed by atoms with Gasteiger partial charge in [-0.3, -0.25) is 4.79 Å². The molecule has 8 nitrogen and oxygen atoms in total. The number of morpholine rings is 1. The zero-order chi connectivity index (χ0) is 22.7. The van der Waals surface area contributed by atoms with Crippen LogP contribution in [0.4, 0.5) is 5.82 Å². The van der Waals surface area contributed by atoms with Crippen LogP contribution in [0, 0.1) is 0 Å². The molecule has 2 N–H and O–H groups in total. The molecule has 1 aliphatic rings. The minimum Gasteiger partial charge on any atom is -0.382 e. The quantitative estimate of drug-likeness (QED) is 0.472. The number of thiazole rings is 1. The molecule has 1 aliphatic heterocycles. The molecule has 32 heavy (non-hydrogen) atoms. The maximum Gasteiger partial charge on any atom is 0.273 e. The molecular formula is C22H23ClN6O2S. The van der Waals surface area contributed by atoms with Crippen LogP contribution in [-0.2, 0) is 11.2 Å². The number of ether oxygens (including phenoxy) is 1. The fourth-order valence-corrected chi connectivity index (χ4v) is 4.43. The van der Waals surface area contributed by atoms with Gasteiger partial charge in [-0.05, 0) is 30.9 Å². The van der Waals surface area contributed by atoms with Crippen molar-refractivity contribution >= 4 is 55.8 Å². The van der Waals surface area contributed by atoms with Gasteiger partial charge in [0.25, 0.3) is 5.91 Å². The Hall–Kier alpha value is -2.88. The first-order chi connectivity index (χ1) is 15.5. The molecule has 0 aliphatic carbocycles. The predicted molar refractivity (Wildman–Crippen MR) is 127 cm³/mol. The number of amides is 1. The van der Waals surface area contributed by atoms with Gasteiger partial charge in [0.2, 0.25) is 0 Å². The molecule has 0 saturated carbocycles. The average molecular weight is 471 g/mol. The third kappa shape index (κ3) is 4.64. The summed E-state index contributed by atoms with van der Waals surface area (Å²) in [6, 6.07) is 7.67. The molecule has 3 aromatic heterocycles. The number of anilines is 1. The summed E-state index contributed by atoms with van der Waals surface area (Å²) in [5.74, 6) is 0.384. The van der Waals surface area contributed by atoms with Crippen molar-refractivity contribution in [3.05, 3.63) is 52.5 Å². The Bertz CT molecular complexity index is 1260. The molecule has 1 fully saturated rings. The third-order valence-corrected chi connectivity index (χ3v) is 6.16. The van der Waals surface area contributed by atoms with Crippen LogP contribution >= 0.6 is 22.9 Å². The molecular weight excluding hydrogens is 448 g/mol. The van der Waals surface area contributed by atoms with Crippen molar-refractivity contribution in [3.8, 4) is 0 Å². The highest BCUT2D eigenvalue weighted by Crippen LogP contribution is 2.28. The molecule has 10 heteroatoms. The van der Waals surface area contributed by atoms with E-state index in [-0.39, 0.29) is 12.0 Å². The second-order valence-corrected chi connectivity index (χ2v) is 8.59. The van der Waals surface area contributed by atoms with Crippen LogP contribution in [0.3, 0.4) is 0 Å². The van der Waals surface area contributed by atoms with E-state index in [1.807, 2.05) is 32.0 Å². The Labute approximate surface area is 194 Å². The molecule has 0 bridgehead atoms. The Morgan fingerprint density at radius 1 is 1.34 bits per heavy atom. The molecule has 1 unspecified atom stereocenters. The number of halogens is 1. The number of pyridine rings is 1. The van der Waals surface area contributed by atoms with Gasteiger partial charge in [0, 0.05) is 24.2 Å². The van der Waals surface area contributed by atoms with Crippen molar-refractivity contribution in [2.45, 2.75) is 26.4 Å². The van der Waals surface area contributed by atoms with Gasteiger partial charge >= 0.3 is 0 Å². The molecule has 5 rings (SSSR count). The maximum atomic E-state index is 12.9. The van der Waals surface area contributed by atoms with E-state index >= 15 is 0 Å². The number of rotatable bonds is 2. The first kappa shape index (κ1) is 22.3. The van der Waals surface area contributed by atoms with Crippen LogP contribution in [0.2, 0.25) is 5.02 Å². The Kier molecular flexibility index (Phi) is 6.78. The SMILES string of the molecule is CCc1cc2cccc(Cl)c2c(C(=O)N2CCOC(C)C2)n1.Nc1ncnc2scnc12. The first-order valence-corrected chi connectivity index (χ1v) is 11.5. The third-order valence-electron chi connectivity index (χ3n) is 5.12. The summed E-state index contributed by atoms with van der Waals surface area (Å²) in [6.07, 6.45) is 2.27. The second-order valence-electron chi connectivity index (χ2n) is 7.35. The van der Waals surface area contributed by atoms with Crippen LogP contribution in [0.15, 0.2) is 36.1 Å². The van der Waals surface area contributed by atoms with Crippen LogP contribution < -0.4 is 5.73 Å². The van der Waals surface area contributed by atoms with Crippen molar-refractivity contribution in [2.75, 3.05) is 25.4 Å². The minimum atomic E-state index is -0.0662. The number of aryl methyl sites for hydroxylation is 1. The number of fused-ring (bicyclic) bond motifs is 2. The van der Waals surface area contributed by atoms with E-state index in [0.29, 0.717) is 41.7 Å². The topological polar surface area (TPSA) is 107 Å². The normalized spacial score (nSPS) is 16.1. The van der Waals surface area contributed by atoms with Crippen LogP contribution in [-0.4, -0.2) is 56.5 Å². The summed E-state index contributed by atoms with van der Waals surface area (Å²) in [5, 5.41) is 2.27. The van der Waals surface area contributed by atoms with Gasteiger partial charge in [-0.25, -0.2) is 19.9 Å². The number of nitrogens with two attached hydrogens (primary N) is 1. The zero-order valence-corrected chi connectivity index (χ0v) is 19.4. The number of nitrogens with zero attached hydrogens (tertiary/aromatic N) is 5. The molecule has 0 spiro atoms. The van der Waals surface area contributed by atoms with Crippen molar-refractivity contribution in [1.29, 1.82) is 0 Å². The van der Waals surface area contributed by atoms with E-state index < -0.39 is 0 Å². The number of nitrogen functional groups attached to an aromatic ring is 1. The smallest absolute Gasteiger partial charge is 0.273 e. The fourth-order valence-electron chi connectivity index (χ4n) is 3.52. The lowest BCUT2D eigenvalue weighted by Crippen LogP contribution is -2.44. The number of carbonyl (C=O) groups is 1. The van der Waals surface area contributed by atoms with Crippen LogP contribution in [0.1, 0.15) is 30.0 Å². The number of hydrogen-bond acceptors (Lipinski definition) is 8. The molecule has 1 saturated heterocycles. The molecule has 4 heterocycles. The minimum absolute atomic E-state index is 0.0498. The number of aromatic nitrogens is 4. The van der Waals surface area contributed by atoms with Gasteiger partial charge in [-0.15, -0.1) is 11.3 Å². The van der Waals surface area contributed by atoms with E-state index in [2.05, 4.69) is 19.9 Å². The predicted octanol–water partition coefficient (Wildman–Crippen LogP) is 3.98. The van der Waals surface area contributed by atoms with Crippen LogP contribution in [0.5, 0.6) is 0 Å². The molecule has 1 amide bonds. The molecule has 1 atom stereocenters. The summed E-state index contributed by atoms with van der Waals surface area (Å²) in [7, 11) is 0. The summed E-state index contributed by atoms with van der Waals surface area (Å²) in [4.78, 5) is 31.9. The number of carbonyl (C=O) groups excluding carboxylic acids is 1. The second kappa shape index (κ2) is 9.72. The lowest BCUT2D eigenvalue weighted by Gasteiger charge is -2.31. The van der Waals surface area contributed by atoms with Crippen molar-refractivity contribution in [2.24, 2.45) is 0 Å². The molecule has 4 aromatic rings. The van der Waals surface area contributed by atoms with Crippen LogP contribution in [0.25, 0.3) is 21.1 Å². The van der Waals surface area contributed by atoms with Gasteiger partial charge in [0.15, 0.2) is 5.82 Å². The molecule has 0 radical (unpaired) electrons. The fraction of sp³-hybridized carbons (Fsp3) is 0.318. The molecule has 1 aromatic carbocycles. The summed E-state index contributed by atoms with van der Waals surface area (Å²) >= 11 is 7.79. The highest BCUT2D eigenvalue weighted by atomic mass is 35.5. The monoisotopic (exact) mass is 470 g/mol. The molecule has 166 valence electrons. The van der Waals surface area contributed by atoms with Crippen molar-refractivity contribution in [1.82, 2.24) is 24.8 Å². The van der Waals surface area contributed by atoms with Gasteiger partial charge in [-0.1, -0.05) is 30.7 Å². The van der Waals surface area contributed by atoms with Gasteiger partial charge in [-0.2, -0.15) is 0 Å². The van der Waals surface area contributed by atoms with E-state index in [1.54, 1.807) is 16.5 Å². The van der Waals surface area contributed by atoms with E-state index in [1.165, 1.54) is 17.7 Å². The lowest BCUT2D eigenvalue weighted by atomic mass is 10.1. The van der Waals surface area contributed by atoms with E-state index in [0.717, 1.165) is 27.7 Å².